The van der Waals surface area contributed by atoms with Crippen molar-refractivity contribution in [2.24, 2.45) is 0 Å². The molecule has 0 unspecified atom stereocenters. The molecule has 3 nitrogen and oxygen atoms in total. The lowest BCUT2D eigenvalue weighted by molar-refractivity contribution is 0.104. The Bertz CT molecular complexity index is 594. The zero-order valence-corrected chi connectivity index (χ0v) is 12.4. The molecular formula is C16H19ClN2O. The molecule has 1 saturated heterocycles. The van der Waals surface area contributed by atoms with Crippen LogP contribution in [0.4, 0.5) is 0 Å². The Morgan fingerprint density at radius 3 is 2.90 bits per heavy atom. The fraction of sp³-hybridized carbons (Fsp3) is 0.438. The van der Waals surface area contributed by atoms with Crippen LogP contribution in [0.25, 0.3) is 10.8 Å². The van der Waals surface area contributed by atoms with E-state index in [1.54, 1.807) is 12.4 Å². The van der Waals surface area contributed by atoms with Gasteiger partial charge in [0.15, 0.2) is 0 Å². The number of nitrogens with zero attached hydrogens (tertiary/aromatic N) is 2. The van der Waals surface area contributed by atoms with Gasteiger partial charge >= 0.3 is 0 Å². The first-order valence-corrected chi connectivity index (χ1v) is 7.56. The number of pyridine rings is 1. The second-order valence-electron chi connectivity index (χ2n) is 5.25. The van der Waals surface area contributed by atoms with Crippen molar-refractivity contribution in [3.63, 3.8) is 0 Å². The topological polar surface area (TPSA) is 25.4 Å². The highest BCUT2D eigenvalue weighted by Gasteiger charge is 2.19. The largest absolute Gasteiger partial charge is 0.490 e. The minimum atomic E-state index is 0.299. The summed E-state index contributed by atoms with van der Waals surface area (Å²) < 4.78 is 6.11. The van der Waals surface area contributed by atoms with Crippen LogP contribution in [0.3, 0.4) is 0 Å². The van der Waals surface area contributed by atoms with E-state index in [0.717, 1.165) is 49.0 Å². The molecule has 0 atom stereocenters. The zero-order valence-electron chi connectivity index (χ0n) is 11.7. The Morgan fingerprint density at radius 1 is 1.35 bits per heavy atom. The van der Waals surface area contributed by atoms with Crippen LogP contribution in [-0.4, -0.2) is 35.6 Å². The summed E-state index contributed by atoms with van der Waals surface area (Å²) in [6, 6.07) is 5.92. The second kappa shape index (κ2) is 5.98. The lowest BCUT2D eigenvalue weighted by Crippen LogP contribution is -2.37. The van der Waals surface area contributed by atoms with Crippen molar-refractivity contribution in [3.05, 3.63) is 35.6 Å². The van der Waals surface area contributed by atoms with Crippen molar-refractivity contribution in [2.45, 2.75) is 25.9 Å². The fourth-order valence-corrected chi connectivity index (χ4v) is 3.00. The van der Waals surface area contributed by atoms with E-state index in [1.165, 1.54) is 0 Å². The van der Waals surface area contributed by atoms with E-state index in [4.69, 9.17) is 16.3 Å². The third-order valence-electron chi connectivity index (χ3n) is 3.96. The van der Waals surface area contributed by atoms with Crippen LogP contribution < -0.4 is 4.74 Å². The molecule has 1 aromatic heterocycles. The van der Waals surface area contributed by atoms with Gasteiger partial charge < -0.3 is 9.64 Å². The molecule has 0 aliphatic carbocycles. The van der Waals surface area contributed by atoms with E-state index in [-0.39, 0.29) is 0 Å². The van der Waals surface area contributed by atoms with Gasteiger partial charge in [-0.3, -0.25) is 4.98 Å². The predicted molar refractivity (Wildman–Crippen MR) is 82.5 cm³/mol. The maximum absolute atomic E-state index is 6.30. The van der Waals surface area contributed by atoms with Gasteiger partial charge in [0, 0.05) is 30.9 Å². The zero-order chi connectivity index (χ0) is 13.9. The SMILES string of the molecule is CCN1CCC(Oc2cc(Cl)c3cnccc3c2)CC1. The average molecular weight is 291 g/mol. The lowest BCUT2D eigenvalue weighted by Gasteiger charge is -2.31. The number of ether oxygens (including phenoxy) is 1. The second-order valence-corrected chi connectivity index (χ2v) is 5.66. The van der Waals surface area contributed by atoms with Gasteiger partial charge in [0.2, 0.25) is 0 Å². The van der Waals surface area contributed by atoms with E-state index in [0.29, 0.717) is 11.1 Å². The van der Waals surface area contributed by atoms with Crippen molar-refractivity contribution in [3.8, 4) is 5.75 Å². The number of halogens is 1. The van der Waals surface area contributed by atoms with Crippen molar-refractivity contribution in [2.75, 3.05) is 19.6 Å². The number of likely N-dealkylation sites (tertiary alicyclic amines) is 1. The van der Waals surface area contributed by atoms with Crippen molar-refractivity contribution in [1.29, 1.82) is 0 Å². The third kappa shape index (κ3) is 2.89. The molecule has 2 heterocycles. The summed E-state index contributed by atoms with van der Waals surface area (Å²) in [5, 5.41) is 2.76. The van der Waals surface area contributed by atoms with E-state index < -0.39 is 0 Å². The highest BCUT2D eigenvalue weighted by Crippen LogP contribution is 2.30. The average Bonchev–Trinajstić information content (AvgIpc) is 2.48. The van der Waals surface area contributed by atoms with E-state index in [1.807, 2.05) is 12.1 Å². The van der Waals surface area contributed by atoms with Crippen LogP contribution in [0.2, 0.25) is 5.02 Å². The number of benzene rings is 1. The number of fused-ring (bicyclic) bond motifs is 1. The first-order chi connectivity index (χ1) is 9.76. The molecule has 4 heteroatoms. The van der Waals surface area contributed by atoms with Gasteiger partial charge in [0.25, 0.3) is 0 Å². The highest BCUT2D eigenvalue weighted by atomic mass is 35.5. The first-order valence-electron chi connectivity index (χ1n) is 7.18. The van der Waals surface area contributed by atoms with Crippen LogP contribution in [0, 0.1) is 0 Å². The molecule has 3 rings (SSSR count). The van der Waals surface area contributed by atoms with E-state index >= 15 is 0 Å². The van der Waals surface area contributed by atoms with Crippen molar-refractivity contribution in [1.82, 2.24) is 9.88 Å². The maximum Gasteiger partial charge on any atom is 0.121 e. The molecule has 1 aliphatic heterocycles. The van der Waals surface area contributed by atoms with Gasteiger partial charge in [-0.15, -0.1) is 0 Å². The molecule has 0 radical (unpaired) electrons. The number of hydrogen-bond acceptors (Lipinski definition) is 3. The molecule has 2 aromatic rings. The maximum atomic E-state index is 6.30. The Hall–Kier alpha value is -1.32. The third-order valence-corrected chi connectivity index (χ3v) is 4.28. The highest BCUT2D eigenvalue weighted by molar-refractivity contribution is 6.35. The standard InChI is InChI=1S/C16H19ClN2O/c1-2-19-7-4-13(5-8-19)20-14-9-12-3-6-18-11-15(12)16(17)10-14/h3,6,9-11,13H,2,4-5,7-8H2,1H3. The van der Waals surface area contributed by atoms with E-state index in [2.05, 4.69) is 22.9 Å². The van der Waals surface area contributed by atoms with E-state index in [9.17, 15) is 0 Å². The summed E-state index contributed by atoms with van der Waals surface area (Å²) in [4.78, 5) is 6.56. The Morgan fingerprint density at radius 2 is 2.15 bits per heavy atom. The van der Waals surface area contributed by atoms with Crippen LogP contribution in [0.15, 0.2) is 30.6 Å². The molecule has 0 bridgehead atoms. The lowest BCUT2D eigenvalue weighted by atomic mass is 10.1. The summed E-state index contributed by atoms with van der Waals surface area (Å²) in [5.41, 5.74) is 0. The van der Waals surface area contributed by atoms with Crippen LogP contribution >= 0.6 is 11.6 Å². The molecule has 0 saturated carbocycles. The minimum Gasteiger partial charge on any atom is -0.490 e. The molecule has 0 N–H and O–H groups in total. The smallest absolute Gasteiger partial charge is 0.121 e. The fourth-order valence-electron chi connectivity index (χ4n) is 2.73. The molecule has 0 amide bonds. The monoisotopic (exact) mass is 290 g/mol. The molecule has 0 spiro atoms. The number of aromatic nitrogens is 1. The predicted octanol–water partition coefficient (Wildman–Crippen LogP) is 3.75. The minimum absolute atomic E-state index is 0.299. The normalized spacial score (nSPS) is 17.5. The summed E-state index contributed by atoms with van der Waals surface area (Å²) in [7, 11) is 0. The summed E-state index contributed by atoms with van der Waals surface area (Å²) in [5.74, 6) is 0.864. The number of piperidine rings is 1. The van der Waals surface area contributed by atoms with Gasteiger partial charge in [-0.05, 0) is 43.0 Å². The summed E-state index contributed by atoms with van der Waals surface area (Å²) in [6.07, 6.45) is 6.04. The van der Waals surface area contributed by atoms with Gasteiger partial charge in [0.05, 0.1) is 5.02 Å². The molecule has 106 valence electrons. The van der Waals surface area contributed by atoms with Crippen molar-refractivity contribution < 1.29 is 4.74 Å². The summed E-state index contributed by atoms with van der Waals surface area (Å²) in [6.45, 7) is 5.57. The van der Waals surface area contributed by atoms with Crippen LogP contribution in [0.5, 0.6) is 5.75 Å². The number of hydrogen-bond donors (Lipinski definition) is 0. The Balaban J connectivity index is 1.75. The van der Waals surface area contributed by atoms with Crippen LogP contribution in [0.1, 0.15) is 19.8 Å². The molecular weight excluding hydrogens is 272 g/mol. The van der Waals surface area contributed by atoms with Gasteiger partial charge in [0.1, 0.15) is 11.9 Å². The molecule has 1 aromatic carbocycles. The van der Waals surface area contributed by atoms with Crippen LogP contribution in [-0.2, 0) is 0 Å². The molecule has 20 heavy (non-hydrogen) atoms. The first kappa shape index (κ1) is 13.7. The summed E-state index contributed by atoms with van der Waals surface area (Å²) >= 11 is 6.30. The number of rotatable bonds is 3. The van der Waals surface area contributed by atoms with Gasteiger partial charge in [-0.2, -0.15) is 0 Å². The quantitative estimate of drug-likeness (QED) is 0.861. The Labute approximate surface area is 124 Å². The van der Waals surface area contributed by atoms with Gasteiger partial charge in [-0.1, -0.05) is 18.5 Å². The Kier molecular flexibility index (Phi) is 4.08. The molecule has 1 fully saturated rings. The molecule has 1 aliphatic rings. The van der Waals surface area contributed by atoms with Crippen molar-refractivity contribution >= 4 is 22.4 Å². The van der Waals surface area contributed by atoms with Gasteiger partial charge in [-0.25, -0.2) is 0 Å².